The average molecular weight is 417 g/mol. The van der Waals surface area contributed by atoms with E-state index in [-0.39, 0.29) is 42.6 Å². The first kappa shape index (κ1) is 18.2. The van der Waals surface area contributed by atoms with E-state index in [1.165, 1.54) is 0 Å². The van der Waals surface area contributed by atoms with Crippen LogP contribution in [0, 0.1) is 6.92 Å². The largest absolute Gasteiger partial charge is 0.491 e. The molecule has 0 aliphatic heterocycles. The highest BCUT2D eigenvalue weighted by Crippen LogP contribution is 2.16. The fourth-order valence-corrected chi connectivity index (χ4v) is 1.63. The van der Waals surface area contributed by atoms with Crippen molar-refractivity contribution in [1.82, 2.24) is 10.1 Å². The number of hydrogen-bond donors (Lipinski definition) is 2. The smallest absolute Gasteiger partial charge is 0.248 e. The molecule has 1 heterocycles. The number of anilines is 1. The maximum atomic E-state index is 5.80. The van der Waals surface area contributed by atoms with Gasteiger partial charge in [0.1, 0.15) is 12.3 Å². The van der Waals surface area contributed by atoms with Crippen molar-refractivity contribution in [2.24, 2.45) is 10.7 Å². The summed E-state index contributed by atoms with van der Waals surface area (Å²) in [5.74, 6) is 2.10. The molecule has 0 radical (unpaired) electrons. The topological polar surface area (TPSA) is 98.6 Å². The monoisotopic (exact) mass is 417 g/mol. The molecule has 8 heteroatoms. The molecule has 7 nitrogen and oxygen atoms in total. The van der Waals surface area contributed by atoms with E-state index in [1.54, 1.807) is 6.92 Å². The molecule has 1 aromatic carbocycles. The van der Waals surface area contributed by atoms with Crippen LogP contribution >= 0.6 is 24.0 Å². The maximum Gasteiger partial charge on any atom is 0.248 e. The predicted molar refractivity (Wildman–Crippen MR) is 95.6 cm³/mol. The molecule has 0 saturated carbocycles. The fraction of sp³-hybridized carbons (Fsp3) is 0.357. The molecular formula is C14H20IN5O2. The molecule has 0 aliphatic rings. The number of rotatable bonds is 5. The molecule has 0 atom stereocenters. The number of nitrogens with two attached hydrogens (primary N) is 1. The van der Waals surface area contributed by atoms with Gasteiger partial charge in [-0.3, -0.25) is 0 Å². The number of aliphatic imine (C=N–C) groups is 1. The van der Waals surface area contributed by atoms with Crippen LogP contribution in [0.3, 0.4) is 0 Å². The van der Waals surface area contributed by atoms with E-state index >= 15 is 0 Å². The summed E-state index contributed by atoms with van der Waals surface area (Å²) < 4.78 is 10.5. The zero-order chi connectivity index (χ0) is 15.2. The summed E-state index contributed by atoms with van der Waals surface area (Å²) in [5.41, 5.74) is 6.62. The Kier molecular flexibility index (Phi) is 7.09. The number of hydrogen-bond acceptors (Lipinski definition) is 5. The number of ether oxygens (including phenoxy) is 1. The number of aryl methyl sites for hydroxylation is 1. The van der Waals surface area contributed by atoms with E-state index in [4.69, 9.17) is 15.0 Å². The van der Waals surface area contributed by atoms with Gasteiger partial charge in [0.15, 0.2) is 11.8 Å². The summed E-state index contributed by atoms with van der Waals surface area (Å²) in [4.78, 5) is 8.17. The lowest BCUT2D eigenvalue weighted by Crippen LogP contribution is -2.22. The molecule has 22 heavy (non-hydrogen) atoms. The Balaban J connectivity index is 0.00000242. The minimum atomic E-state index is 0. The van der Waals surface area contributed by atoms with E-state index < -0.39 is 0 Å². The molecule has 1 aromatic heterocycles. The van der Waals surface area contributed by atoms with Gasteiger partial charge in [-0.25, -0.2) is 4.99 Å². The third-order valence-corrected chi connectivity index (χ3v) is 2.45. The van der Waals surface area contributed by atoms with Gasteiger partial charge in [0.25, 0.3) is 0 Å². The molecule has 3 N–H and O–H groups in total. The van der Waals surface area contributed by atoms with Crippen LogP contribution in [0.25, 0.3) is 0 Å². The highest BCUT2D eigenvalue weighted by Gasteiger charge is 2.02. The van der Waals surface area contributed by atoms with Gasteiger partial charge in [0.05, 0.1) is 6.10 Å². The third kappa shape index (κ3) is 5.88. The zero-order valence-electron chi connectivity index (χ0n) is 12.7. The molecule has 0 aliphatic carbocycles. The molecule has 0 fully saturated rings. The summed E-state index contributed by atoms with van der Waals surface area (Å²) in [7, 11) is 0. The van der Waals surface area contributed by atoms with Crippen LogP contribution in [0.2, 0.25) is 0 Å². The highest BCUT2D eigenvalue weighted by molar-refractivity contribution is 14.0. The minimum absolute atomic E-state index is 0. The van der Waals surface area contributed by atoms with Crippen molar-refractivity contribution in [1.29, 1.82) is 0 Å². The summed E-state index contributed by atoms with van der Waals surface area (Å²) in [6.45, 7) is 5.96. The number of halogens is 1. The molecule has 2 aromatic rings. The molecule has 120 valence electrons. The van der Waals surface area contributed by atoms with Crippen LogP contribution in [-0.2, 0) is 6.54 Å². The lowest BCUT2D eigenvalue weighted by atomic mass is 10.3. The third-order valence-electron chi connectivity index (χ3n) is 2.45. The summed E-state index contributed by atoms with van der Waals surface area (Å²) in [5, 5.41) is 6.66. The van der Waals surface area contributed by atoms with Gasteiger partial charge in [-0.05, 0) is 45.0 Å². The van der Waals surface area contributed by atoms with Crippen LogP contribution in [-0.4, -0.2) is 22.2 Å². The zero-order valence-corrected chi connectivity index (χ0v) is 15.1. The number of aromatic nitrogens is 2. The van der Waals surface area contributed by atoms with Gasteiger partial charge in [-0.2, -0.15) is 4.98 Å². The van der Waals surface area contributed by atoms with Crippen molar-refractivity contribution >= 4 is 35.6 Å². The van der Waals surface area contributed by atoms with Crippen molar-refractivity contribution in [2.75, 3.05) is 5.32 Å². The normalized spacial score (nSPS) is 11.2. The second-order valence-corrected chi connectivity index (χ2v) is 4.75. The van der Waals surface area contributed by atoms with Crippen molar-refractivity contribution in [3.63, 3.8) is 0 Å². The van der Waals surface area contributed by atoms with Crippen LogP contribution in [0.5, 0.6) is 5.75 Å². The first-order valence-corrected chi connectivity index (χ1v) is 6.66. The second-order valence-electron chi connectivity index (χ2n) is 4.75. The number of nitrogens with one attached hydrogen (secondary N) is 1. The Morgan fingerprint density at radius 2 is 2.05 bits per heavy atom. The molecule has 0 bridgehead atoms. The standard InChI is InChI=1S/C14H19N5O2.HI/c1-9(2)20-12-6-4-11(5-7-12)18-14(15)16-8-13-17-10(3)19-21-13;/h4-7,9H,8H2,1-3H3,(H3,15,16,18);1H. The quantitative estimate of drug-likeness (QED) is 0.441. The lowest BCUT2D eigenvalue weighted by molar-refractivity contribution is 0.242. The number of guanidine groups is 1. The molecule has 0 saturated heterocycles. The van der Waals surface area contributed by atoms with E-state index in [9.17, 15) is 0 Å². The van der Waals surface area contributed by atoms with Crippen LogP contribution in [0.15, 0.2) is 33.8 Å². The highest BCUT2D eigenvalue weighted by atomic mass is 127. The molecular weight excluding hydrogens is 397 g/mol. The van der Waals surface area contributed by atoms with Gasteiger partial charge < -0.3 is 20.3 Å². The van der Waals surface area contributed by atoms with Gasteiger partial charge in [-0.1, -0.05) is 5.16 Å². The summed E-state index contributed by atoms with van der Waals surface area (Å²) >= 11 is 0. The molecule has 0 amide bonds. The summed E-state index contributed by atoms with van der Waals surface area (Å²) in [6, 6.07) is 7.49. The lowest BCUT2D eigenvalue weighted by Gasteiger charge is -2.10. The Labute approximate surface area is 146 Å². The molecule has 0 spiro atoms. The average Bonchev–Trinajstić information content (AvgIpc) is 2.84. The van der Waals surface area contributed by atoms with Gasteiger partial charge in [-0.15, -0.1) is 24.0 Å². The van der Waals surface area contributed by atoms with Crippen LogP contribution in [0.4, 0.5) is 5.69 Å². The predicted octanol–water partition coefficient (Wildman–Crippen LogP) is 2.71. The van der Waals surface area contributed by atoms with Crippen molar-refractivity contribution in [2.45, 2.75) is 33.4 Å². The SMILES string of the molecule is Cc1noc(CN=C(N)Nc2ccc(OC(C)C)cc2)n1.I. The molecule has 0 unspecified atom stereocenters. The van der Waals surface area contributed by atoms with Crippen LogP contribution < -0.4 is 15.8 Å². The van der Waals surface area contributed by atoms with Gasteiger partial charge in [0.2, 0.25) is 5.89 Å². The summed E-state index contributed by atoms with van der Waals surface area (Å²) in [6.07, 6.45) is 0.147. The van der Waals surface area contributed by atoms with Crippen molar-refractivity contribution in [3.8, 4) is 5.75 Å². The number of benzene rings is 1. The van der Waals surface area contributed by atoms with E-state index in [2.05, 4.69) is 20.4 Å². The fourth-order valence-electron chi connectivity index (χ4n) is 1.63. The van der Waals surface area contributed by atoms with Crippen molar-refractivity contribution in [3.05, 3.63) is 36.0 Å². The van der Waals surface area contributed by atoms with Crippen LogP contribution in [0.1, 0.15) is 25.6 Å². The Morgan fingerprint density at radius 3 is 2.59 bits per heavy atom. The second kappa shape index (κ2) is 8.57. The van der Waals surface area contributed by atoms with Gasteiger partial charge >= 0.3 is 0 Å². The first-order chi connectivity index (χ1) is 10.0. The van der Waals surface area contributed by atoms with Crippen molar-refractivity contribution < 1.29 is 9.26 Å². The van der Waals surface area contributed by atoms with E-state index in [0.29, 0.717) is 11.7 Å². The first-order valence-electron chi connectivity index (χ1n) is 6.66. The Hall–Kier alpha value is -1.84. The molecule has 2 rings (SSSR count). The maximum absolute atomic E-state index is 5.80. The Morgan fingerprint density at radius 1 is 1.36 bits per heavy atom. The minimum Gasteiger partial charge on any atom is -0.491 e. The van der Waals surface area contributed by atoms with Gasteiger partial charge in [0, 0.05) is 5.69 Å². The number of nitrogens with zero attached hydrogens (tertiary/aromatic N) is 3. The Bertz CT molecular complexity index is 610. The van der Waals surface area contributed by atoms with E-state index in [1.807, 2.05) is 38.1 Å². The van der Waals surface area contributed by atoms with E-state index in [0.717, 1.165) is 11.4 Å².